The van der Waals surface area contributed by atoms with Gasteiger partial charge in [-0.15, -0.1) is 0 Å². The molecule has 1 fully saturated rings. The van der Waals surface area contributed by atoms with Crippen molar-refractivity contribution in [2.75, 3.05) is 13.2 Å². The summed E-state index contributed by atoms with van der Waals surface area (Å²) in [4.78, 5) is 13.0. The van der Waals surface area contributed by atoms with Crippen LogP contribution in [0.1, 0.15) is 219 Å². The number of ether oxygens (including phenoxy) is 2. The van der Waals surface area contributed by atoms with E-state index < -0.39 is 59.9 Å². The molecule has 0 aliphatic carbocycles. The summed E-state index contributed by atoms with van der Waals surface area (Å²) in [6, 6.07) is -0.949. The lowest BCUT2D eigenvalue weighted by Gasteiger charge is -2.41. The molecule has 0 bridgehead atoms. The third-order valence-corrected chi connectivity index (χ3v) is 12.2. The van der Waals surface area contributed by atoms with E-state index in [0.717, 1.165) is 44.9 Å². The summed E-state index contributed by atoms with van der Waals surface area (Å²) in [6.45, 7) is 3.38. The predicted octanol–water partition coefficient (Wildman–Crippen LogP) is 10.1. The van der Waals surface area contributed by atoms with Gasteiger partial charge in [-0.25, -0.2) is 4.18 Å². The molecule has 7 unspecified atom stereocenters. The van der Waals surface area contributed by atoms with Crippen molar-refractivity contribution in [2.24, 2.45) is 0 Å². The van der Waals surface area contributed by atoms with Crippen LogP contribution in [0.5, 0.6) is 0 Å². The number of nitrogens with one attached hydrogen (secondary N) is 1. The average molecular weight is 890 g/mol. The maximum Gasteiger partial charge on any atom is 0.397 e. The lowest BCUT2D eigenvalue weighted by atomic mass is 9.99. The average Bonchev–Trinajstić information content (AvgIpc) is 3.23. The third-order valence-electron chi connectivity index (χ3n) is 11.7. The fourth-order valence-electron chi connectivity index (χ4n) is 7.86. The SMILES string of the molecule is CCCCCCCC/C=C\CCCCCC(=O)NC(COC1OC(CO)C(O)C(OS(=O)(=O)O)C1O)C(O)/C=C/CCCCCCCCCCCCCCCCCCCCC. The summed E-state index contributed by atoms with van der Waals surface area (Å²) in [5.41, 5.74) is 0. The molecule has 1 aliphatic heterocycles. The second-order valence-corrected chi connectivity index (χ2v) is 18.4. The molecule has 12 nitrogen and oxygen atoms in total. The number of hydrogen-bond donors (Lipinski definition) is 6. The fourth-order valence-corrected chi connectivity index (χ4v) is 8.37. The summed E-state index contributed by atoms with van der Waals surface area (Å²) in [7, 11) is -5.09. The van der Waals surface area contributed by atoms with Crippen molar-refractivity contribution in [3.63, 3.8) is 0 Å². The molecule has 0 aromatic heterocycles. The molecule has 1 heterocycles. The first-order chi connectivity index (χ1) is 29.5. The third kappa shape index (κ3) is 32.0. The van der Waals surface area contributed by atoms with Crippen molar-refractivity contribution < 1.29 is 51.8 Å². The van der Waals surface area contributed by atoms with Gasteiger partial charge in [-0.05, 0) is 44.9 Å². The number of rotatable bonds is 42. The van der Waals surface area contributed by atoms with Gasteiger partial charge in [-0.3, -0.25) is 9.35 Å². The van der Waals surface area contributed by atoms with Crippen LogP contribution in [0.4, 0.5) is 0 Å². The highest BCUT2D eigenvalue weighted by atomic mass is 32.3. The zero-order valence-corrected chi connectivity index (χ0v) is 39.3. The molecular formula is C48H91NO11S. The molecule has 1 rings (SSSR count). The molecule has 0 spiro atoms. The number of unbranched alkanes of at least 4 members (excludes halogenated alkanes) is 28. The Balaban J connectivity index is 2.47. The van der Waals surface area contributed by atoms with Crippen LogP contribution < -0.4 is 5.32 Å². The second kappa shape index (κ2) is 39.0. The Kier molecular flexibility index (Phi) is 36.8. The Labute approximate surface area is 372 Å². The van der Waals surface area contributed by atoms with E-state index in [1.54, 1.807) is 6.08 Å². The van der Waals surface area contributed by atoms with Crippen molar-refractivity contribution in [1.82, 2.24) is 5.32 Å². The van der Waals surface area contributed by atoms with Gasteiger partial charge in [-0.1, -0.05) is 192 Å². The quantitative estimate of drug-likeness (QED) is 0.0194. The summed E-state index contributed by atoms with van der Waals surface area (Å²) >= 11 is 0. The van der Waals surface area contributed by atoms with Gasteiger partial charge in [0.25, 0.3) is 0 Å². The summed E-state index contributed by atoms with van der Waals surface area (Å²) in [6.07, 6.45) is 36.5. The number of aliphatic hydroxyl groups is 4. The smallest absolute Gasteiger partial charge is 0.394 e. The van der Waals surface area contributed by atoms with E-state index in [1.807, 2.05) is 6.08 Å². The summed E-state index contributed by atoms with van der Waals surface area (Å²) in [5, 5.41) is 44.7. The monoisotopic (exact) mass is 890 g/mol. The molecule has 1 saturated heterocycles. The number of amides is 1. The van der Waals surface area contributed by atoms with Crippen LogP contribution in [0.2, 0.25) is 0 Å². The van der Waals surface area contributed by atoms with Gasteiger partial charge in [0, 0.05) is 6.42 Å². The number of allylic oxidation sites excluding steroid dienone is 3. The highest BCUT2D eigenvalue weighted by Crippen LogP contribution is 2.26. The van der Waals surface area contributed by atoms with Crippen LogP contribution in [-0.2, 0) is 28.9 Å². The van der Waals surface area contributed by atoms with E-state index in [4.69, 9.17) is 9.47 Å². The molecule has 6 N–H and O–H groups in total. The number of aliphatic hydroxyl groups excluding tert-OH is 4. The zero-order valence-electron chi connectivity index (χ0n) is 38.5. The Morgan fingerprint density at radius 1 is 0.639 bits per heavy atom. The molecule has 0 saturated carbocycles. The van der Waals surface area contributed by atoms with Crippen molar-refractivity contribution in [2.45, 2.75) is 262 Å². The standard InChI is InChI=1S/C48H91NO11S/c1-3-5-7-9-11-13-15-17-18-19-20-21-22-23-24-26-27-29-31-33-35-37-42(51)41(40-58-48-46(54)47(60-61(55,56)57)45(53)43(39-50)59-48)49-44(52)38-36-34-32-30-28-25-16-14-12-10-8-6-4-2/h25,28,35,37,41-43,45-48,50-51,53-54H,3-24,26-27,29-34,36,38-40H2,1-2H3,(H,49,52)(H,55,56,57)/b28-25-,37-35+. The van der Waals surface area contributed by atoms with Gasteiger partial charge in [-0.2, -0.15) is 8.42 Å². The number of carbonyl (C=O) groups excluding carboxylic acids is 1. The Morgan fingerprint density at radius 2 is 1.05 bits per heavy atom. The van der Waals surface area contributed by atoms with E-state index in [2.05, 4.69) is 35.5 Å². The van der Waals surface area contributed by atoms with Gasteiger partial charge in [0.05, 0.1) is 25.4 Å². The largest absolute Gasteiger partial charge is 0.397 e. The second-order valence-electron chi connectivity index (χ2n) is 17.4. The van der Waals surface area contributed by atoms with Crippen LogP contribution in [-0.4, -0.2) is 95.4 Å². The topological polar surface area (TPSA) is 192 Å². The van der Waals surface area contributed by atoms with Crippen molar-refractivity contribution in [1.29, 1.82) is 0 Å². The van der Waals surface area contributed by atoms with E-state index >= 15 is 0 Å². The lowest BCUT2D eigenvalue weighted by molar-refractivity contribution is -0.298. The number of carbonyl (C=O) groups is 1. The maximum absolute atomic E-state index is 13.0. The fraction of sp³-hybridized carbons (Fsp3) is 0.896. The van der Waals surface area contributed by atoms with Crippen molar-refractivity contribution >= 4 is 16.3 Å². The van der Waals surface area contributed by atoms with E-state index in [1.165, 1.54) is 148 Å². The van der Waals surface area contributed by atoms with Gasteiger partial charge < -0.3 is 35.2 Å². The summed E-state index contributed by atoms with van der Waals surface area (Å²) < 4.78 is 47.6. The molecule has 61 heavy (non-hydrogen) atoms. The molecule has 0 radical (unpaired) electrons. The highest BCUT2D eigenvalue weighted by molar-refractivity contribution is 7.80. The van der Waals surface area contributed by atoms with Crippen LogP contribution in [0.25, 0.3) is 0 Å². The molecule has 1 aliphatic rings. The van der Waals surface area contributed by atoms with Gasteiger partial charge in [0.15, 0.2) is 6.29 Å². The van der Waals surface area contributed by atoms with Crippen molar-refractivity contribution in [3.05, 3.63) is 24.3 Å². The minimum atomic E-state index is -5.09. The Hall–Kier alpha value is -1.42. The van der Waals surface area contributed by atoms with Gasteiger partial charge in [0.2, 0.25) is 5.91 Å². The van der Waals surface area contributed by atoms with Crippen LogP contribution in [0.3, 0.4) is 0 Å². The normalized spacial score (nSPS) is 20.8. The first kappa shape index (κ1) is 57.6. The van der Waals surface area contributed by atoms with Gasteiger partial charge in [0.1, 0.15) is 24.4 Å². The molecule has 13 heteroatoms. The Morgan fingerprint density at radius 3 is 1.48 bits per heavy atom. The predicted molar refractivity (Wildman–Crippen MR) is 245 cm³/mol. The van der Waals surface area contributed by atoms with E-state index in [0.29, 0.717) is 6.42 Å². The Bertz CT molecular complexity index is 1190. The number of hydrogen-bond acceptors (Lipinski definition) is 10. The molecule has 0 aromatic rings. The van der Waals surface area contributed by atoms with E-state index in [-0.39, 0.29) is 18.9 Å². The first-order valence-corrected chi connectivity index (χ1v) is 26.1. The van der Waals surface area contributed by atoms with Crippen LogP contribution >= 0.6 is 0 Å². The molecule has 1 amide bonds. The highest BCUT2D eigenvalue weighted by Gasteiger charge is 2.48. The minimum absolute atomic E-state index is 0.249. The van der Waals surface area contributed by atoms with E-state index in [9.17, 15) is 38.2 Å². The van der Waals surface area contributed by atoms with Crippen LogP contribution in [0, 0.1) is 0 Å². The van der Waals surface area contributed by atoms with Gasteiger partial charge >= 0.3 is 10.4 Å². The molecule has 360 valence electrons. The zero-order chi connectivity index (χ0) is 44.8. The molecule has 7 atom stereocenters. The minimum Gasteiger partial charge on any atom is -0.394 e. The lowest BCUT2D eigenvalue weighted by Crippen LogP contribution is -2.61. The molecule has 0 aromatic carbocycles. The maximum atomic E-state index is 13.0. The van der Waals surface area contributed by atoms with Crippen LogP contribution in [0.15, 0.2) is 24.3 Å². The van der Waals surface area contributed by atoms with Crippen molar-refractivity contribution in [3.8, 4) is 0 Å². The summed E-state index contributed by atoms with van der Waals surface area (Å²) in [5.74, 6) is -0.278. The first-order valence-electron chi connectivity index (χ1n) is 24.7. The molecular weight excluding hydrogens is 799 g/mol.